The number of rotatable bonds is 5. The van der Waals surface area contributed by atoms with Gasteiger partial charge in [0.15, 0.2) is 0 Å². The maximum atomic E-state index is 9.62. The highest BCUT2D eigenvalue weighted by molar-refractivity contribution is 9.10. The van der Waals surface area contributed by atoms with Crippen molar-refractivity contribution >= 4 is 21.6 Å². The number of halogens is 1. The van der Waals surface area contributed by atoms with Crippen molar-refractivity contribution in [3.63, 3.8) is 0 Å². The zero-order valence-electron chi connectivity index (χ0n) is 10.8. The summed E-state index contributed by atoms with van der Waals surface area (Å²) in [5.74, 6) is 0.911. The van der Waals surface area contributed by atoms with E-state index < -0.39 is 6.10 Å². The van der Waals surface area contributed by atoms with E-state index in [4.69, 9.17) is 0 Å². The summed E-state index contributed by atoms with van der Waals surface area (Å²) in [6.07, 6.45) is 5.06. The molecule has 0 aliphatic heterocycles. The molecule has 2 nitrogen and oxygen atoms in total. The van der Waals surface area contributed by atoms with E-state index in [9.17, 15) is 5.11 Å². The smallest absolute Gasteiger partial charge is 0.0762 e. The normalized spacial score (nSPS) is 20.8. The summed E-state index contributed by atoms with van der Waals surface area (Å²) in [4.78, 5) is 2.56. The molecule has 98 valence electrons. The summed E-state index contributed by atoms with van der Waals surface area (Å²) in [6, 6.07) is 7.02. The highest BCUT2D eigenvalue weighted by Crippen LogP contribution is 2.40. The lowest BCUT2D eigenvalue weighted by molar-refractivity contribution is 0.199. The molecular weight excluding hydrogens is 290 g/mol. The fourth-order valence-electron chi connectivity index (χ4n) is 2.42. The molecule has 3 heteroatoms. The number of aliphatic hydroxyl groups is 1. The molecule has 2 aliphatic carbocycles. The van der Waals surface area contributed by atoms with Crippen molar-refractivity contribution in [3.05, 3.63) is 28.2 Å². The van der Waals surface area contributed by atoms with Crippen LogP contribution in [0.5, 0.6) is 0 Å². The average molecular weight is 310 g/mol. The lowest BCUT2D eigenvalue weighted by Crippen LogP contribution is -2.28. The second kappa shape index (κ2) is 4.86. The van der Waals surface area contributed by atoms with Crippen molar-refractivity contribution < 1.29 is 5.11 Å². The average Bonchev–Trinajstić information content (AvgIpc) is 3.19. The zero-order chi connectivity index (χ0) is 12.7. The van der Waals surface area contributed by atoms with Crippen LogP contribution in [0.1, 0.15) is 44.3 Å². The Kier molecular flexibility index (Phi) is 3.37. The van der Waals surface area contributed by atoms with Gasteiger partial charge in [-0.2, -0.15) is 0 Å². The Balaban J connectivity index is 1.83. The highest BCUT2D eigenvalue weighted by Gasteiger charge is 2.34. The Labute approximate surface area is 117 Å². The third-order valence-electron chi connectivity index (χ3n) is 3.90. The van der Waals surface area contributed by atoms with Gasteiger partial charge >= 0.3 is 0 Å². The lowest BCUT2D eigenvalue weighted by atomic mass is 10.1. The first kappa shape index (κ1) is 12.5. The largest absolute Gasteiger partial charge is 0.389 e. The van der Waals surface area contributed by atoms with E-state index >= 15 is 0 Å². The number of nitrogens with zero attached hydrogens (tertiary/aromatic N) is 1. The van der Waals surface area contributed by atoms with Crippen molar-refractivity contribution in [3.8, 4) is 0 Å². The second-order valence-corrected chi connectivity index (χ2v) is 6.57. The van der Waals surface area contributed by atoms with E-state index in [1.165, 1.54) is 37.9 Å². The molecule has 0 unspecified atom stereocenters. The molecule has 2 aliphatic rings. The maximum Gasteiger partial charge on any atom is 0.0762 e. The topological polar surface area (TPSA) is 23.5 Å². The molecule has 2 fully saturated rings. The number of anilines is 1. The molecule has 1 aromatic carbocycles. The second-order valence-electron chi connectivity index (χ2n) is 5.71. The third kappa shape index (κ3) is 2.72. The van der Waals surface area contributed by atoms with Crippen LogP contribution in [0.25, 0.3) is 0 Å². The molecule has 0 heterocycles. The fourth-order valence-corrected chi connectivity index (χ4v) is 3.05. The maximum absolute atomic E-state index is 9.62. The summed E-state index contributed by atoms with van der Waals surface area (Å²) >= 11 is 3.67. The van der Waals surface area contributed by atoms with E-state index in [0.29, 0.717) is 0 Å². The van der Waals surface area contributed by atoms with Gasteiger partial charge in [-0.15, -0.1) is 0 Å². The Bertz CT molecular complexity index is 438. The van der Waals surface area contributed by atoms with Gasteiger partial charge in [-0.1, -0.05) is 6.07 Å². The molecule has 1 atom stereocenters. The van der Waals surface area contributed by atoms with Gasteiger partial charge in [-0.25, -0.2) is 0 Å². The van der Waals surface area contributed by atoms with Gasteiger partial charge in [0.1, 0.15) is 0 Å². The number of hydrogen-bond donors (Lipinski definition) is 1. The van der Waals surface area contributed by atoms with Crippen LogP contribution in [-0.4, -0.2) is 17.7 Å². The molecule has 0 spiro atoms. The van der Waals surface area contributed by atoms with Crippen LogP contribution in [0.2, 0.25) is 0 Å². The van der Waals surface area contributed by atoms with Crippen LogP contribution < -0.4 is 4.90 Å². The number of aliphatic hydroxyl groups excluding tert-OH is 1. The first-order valence-electron chi connectivity index (χ1n) is 6.89. The van der Waals surface area contributed by atoms with E-state index in [1.54, 1.807) is 0 Å². The van der Waals surface area contributed by atoms with E-state index in [-0.39, 0.29) is 0 Å². The molecule has 3 rings (SSSR count). The van der Waals surface area contributed by atoms with Crippen LogP contribution >= 0.6 is 15.9 Å². The summed E-state index contributed by atoms with van der Waals surface area (Å²) in [7, 11) is 0. The first-order chi connectivity index (χ1) is 8.65. The minimum absolute atomic E-state index is 0.395. The predicted molar refractivity (Wildman–Crippen MR) is 77.9 cm³/mol. The van der Waals surface area contributed by atoms with Gasteiger partial charge in [0.25, 0.3) is 0 Å². The Morgan fingerprint density at radius 3 is 2.56 bits per heavy atom. The number of hydrogen-bond acceptors (Lipinski definition) is 2. The minimum atomic E-state index is -0.395. The first-order valence-corrected chi connectivity index (χ1v) is 7.68. The SMILES string of the molecule is C[C@H](O)c1ccc(N(CC2CC2)C2CC2)c(Br)c1. The fraction of sp³-hybridized carbons (Fsp3) is 0.600. The number of benzene rings is 1. The van der Waals surface area contributed by atoms with E-state index in [2.05, 4.69) is 33.0 Å². The predicted octanol–water partition coefficient (Wildman–Crippen LogP) is 3.88. The Morgan fingerprint density at radius 1 is 1.33 bits per heavy atom. The molecular formula is C15H20BrNO. The van der Waals surface area contributed by atoms with Gasteiger partial charge in [-0.3, -0.25) is 0 Å². The van der Waals surface area contributed by atoms with E-state index in [0.717, 1.165) is 22.0 Å². The lowest BCUT2D eigenvalue weighted by Gasteiger charge is -2.26. The quantitative estimate of drug-likeness (QED) is 0.892. The zero-order valence-corrected chi connectivity index (χ0v) is 12.4. The summed E-state index contributed by atoms with van der Waals surface area (Å²) in [5.41, 5.74) is 2.28. The summed E-state index contributed by atoms with van der Waals surface area (Å²) < 4.78 is 1.12. The van der Waals surface area contributed by atoms with E-state index in [1.807, 2.05) is 13.0 Å². The van der Waals surface area contributed by atoms with Crippen molar-refractivity contribution in [1.82, 2.24) is 0 Å². The molecule has 18 heavy (non-hydrogen) atoms. The van der Waals surface area contributed by atoms with Crippen LogP contribution in [-0.2, 0) is 0 Å². The van der Waals surface area contributed by atoms with Crippen molar-refractivity contribution in [2.45, 2.75) is 44.8 Å². The Morgan fingerprint density at radius 2 is 2.06 bits per heavy atom. The third-order valence-corrected chi connectivity index (χ3v) is 4.54. The van der Waals surface area contributed by atoms with Crippen molar-refractivity contribution in [2.75, 3.05) is 11.4 Å². The summed E-state index contributed by atoms with van der Waals surface area (Å²) in [6.45, 7) is 3.02. The van der Waals surface area contributed by atoms with Gasteiger partial charge in [0.05, 0.1) is 11.8 Å². The molecule has 2 saturated carbocycles. The van der Waals surface area contributed by atoms with Crippen LogP contribution in [0.3, 0.4) is 0 Å². The standard InChI is InChI=1S/C15H20BrNO/c1-10(18)12-4-7-15(14(16)8-12)17(13-5-6-13)9-11-2-3-11/h4,7-8,10-11,13,18H,2-3,5-6,9H2,1H3/t10-/m0/s1. The monoisotopic (exact) mass is 309 g/mol. The molecule has 0 amide bonds. The van der Waals surface area contributed by atoms with Crippen LogP contribution in [0, 0.1) is 5.92 Å². The minimum Gasteiger partial charge on any atom is -0.389 e. The van der Waals surface area contributed by atoms with Gasteiger partial charge in [0, 0.05) is 17.1 Å². The van der Waals surface area contributed by atoms with Gasteiger partial charge in [-0.05, 0) is 72.2 Å². The van der Waals surface area contributed by atoms with Crippen LogP contribution in [0.4, 0.5) is 5.69 Å². The molecule has 1 aromatic rings. The van der Waals surface area contributed by atoms with Gasteiger partial charge in [0.2, 0.25) is 0 Å². The molecule has 0 bridgehead atoms. The molecule has 0 aromatic heterocycles. The van der Waals surface area contributed by atoms with Crippen molar-refractivity contribution in [1.29, 1.82) is 0 Å². The summed E-state index contributed by atoms with van der Waals surface area (Å²) in [5, 5.41) is 9.62. The van der Waals surface area contributed by atoms with Gasteiger partial charge < -0.3 is 10.0 Å². The highest BCUT2D eigenvalue weighted by atomic mass is 79.9. The van der Waals surface area contributed by atoms with Crippen LogP contribution in [0.15, 0.2) is 22.7 Å². The Hall–Kier alpha value is -0.540. The molecule has 0 saturated heterocycles. The molecule has 0 radical (unpaired) electrons. The molecule has 1 N–H and O–H groups in total. The van der Waals surface area contributed by atoms with Crippen molar-refractivity contribution in [2.24, 2.45) is 5.92 Å².